The lowest BCUT2D eigenvalue weighted by atomic mass is 10.0. The first-order chi connectivity index (χ1) is 7.85. The summed E-state index contributed by atoms with van der Waals surface area (Å²) in [7, 11) is 0. The molecule has 0 aliphatic rings. The van der Waals surface area contributed by atoms with Crippen molar-refractivity contribution in [3.05, 3.63) is 40.9 Å². The molecule has 0 heterocycles. The van der Waals surface area contributed by atoms with Crippen molar-refractivity contribution in [2.24, 2.45) is 0 Å². The molecule has 1 aromatic rings. The van der Waals surface area contributed by atoms with Crippen LogP contribution < -0.4 is 0 Å². The number of carbonyl (C=O) groups excluding carboxylic acids is 1. The van der Waals surface area contributed by atoms with Crippen molar-refractivity contribution in [1.29, 1.82) is 0 Å². The van der Waals surface area contributed by atoms with E-state index >= 15 is 0 Å². The maximum atomic E-state index is 11.8. The summed E-state index contributed by atoms with van der Waals surface area (Å²) in [5.74, 6) is -0.630. The van der Waals surface area contributed by atoms with Crippen LogP contribution >= 0.6 is 0 Å². The zero-order valence-electron chi connectivity index (χ0n) is 10.5. The average Bonchev–Trinajstić information content (AvgIpc) is 2.19. The first kappa shape index (κ1) is 13.1. The van der Waals surface area contributed by atoms with E-state index in [1.807, 2.05) is 19.1 Å². The normalized spacial score (nSPS) is 10.6. The maximum absolute atomic E-state index is 11.8. The van der Waals surface area contributed by atoms with Crippen molar-refractivity contribution < 1.29 is 14.3 Å². The molecule has 0 aliphatic heterocycles. The predicted octanol–water partition coefficient (Wildman–Crippen LogP) is 2.36. The minimum absolute atomic E-state index is 0.0713. The summed E-state index contributed by atoms with van der Waals surface area (Å²) >= 11 is 0. The number of carbonyl (C=O) groups is 1. The molecule has 1 rings (SSSR count). The zero-order valence-corrected chi connectivity index (χ0v) is 10.5. The van der Waals surface area contributed by atoms with Crippen LogP contribution in [0, 0.1) is 6.92 Å². The molecule has 17 heavy (non-hydrogen) atoms. The van der Waals surface area contributed by atoms with Gasteiger partial charge in [0.25, 0.3) is 0 Å². The summed E-state index contributed by atoms with van der Waals surface area (Å²) in [6, 6.07) is 7.18. The van der Waals surface area contributed by atoms with Gasteiger partial charge in [-0.15, -0.1) is 0 Å². The number of aryl methyl sites for hydroxylation is 1. The topological polar surface area (TPSA) is 62.7 Å². The monoisotopic (exact) mass is 232 g/mol. The molecule has 0 saturated carbocycles. The maximum Gasteiger partial charge on any atom is 0.422 e. The van der Waals surface area contributed by atoms with Crippen LogP contribution in [-0.2, 0) is 9.53 Å². The molecule has 0 aromatic heterocycles. The molecule has 4 nitrogen and oxygen atoms in total. The van der Waals surface area contributed by atoms with Crippen molar-refractivity contribution in [1.82, 2.24) is 0 Å². The summed E-state index contributed by atoms with van der Waals surface area (Å²) in [6.45, 7) is 7.12. The number of benzene rings is 1. The van der Waals surface area contributed by atoms with E-state index < -0.39 is 11.6 Å². The molecule has 0 bridgehead atoms. The average molecular weight is 232 g/mol. The highest BCUT2D eigenvalue weighted by Gasteiger charge is 2.29. The number of rotatable bonds is 2. The Kier molecular flexibility index (Phi) is 3.81. The molecule has 4 heteroatoms. The molecule has 0 saturated heterocycles. The van der Waals surface area contributed by atoms with Gasteiger partial charge >= 0.3 is 11.7 Å². The fourth-order valence-electron chi connectivity index (χ4n) is 1.37. The second-order valence-electron chi connectivity index (χ2n) is 4.77. The lowest BCUT2D eigenvalue weighted by Crippen LogP contribution is -2.30. The molecule has 0 aliphatic carbocycles. The highest BCUT2D eigenvalue weighted by atomic mass is 16.6. The van der Waals surface area contributed by atoms with E-state index in [1.54, 1.807) is 32.9 Å². The van der Waals surface area contributed by atoms with Crippen LogP contribution in [0.3, 0.4) is 0 Å². The van der Waals surface area contributed by atoms with Crippen molar-refractivity contribution in [2.45, 2.75) is 33.3 Å². The summed E-state index contributed by atoms with van der Waals surface area (Å²) in [4.78, 5) is 14.9. The van der Waals surface area contributed by atoms with Gasteiger partial charge in [-0.2, -0.15) is 4.79 Å². The van der Waals surface area contributed by atoms with Crippen LogP contribution in [0.5, 0.6) is 0 Å². The first-order valence-corrected chi connectivity index (χ1v) is 5.36. The van der Waals surface area contributed by atoms with Gasteiger partial charge in [-0.1, -0.05) is 18.2 Å². The molecule has 0 atom stereocenters. The van der Waals surface area contributed by atoms with E-state index in [4.69, 9.17) is 10.3 Å². The lowest BCUT2D eigenvalue weighted by molar-refractivity contribution is -0.150. The van der Waals surface area contributed by atoms with Gasteiger partial charge in [-0.3, -0.25) is 0 Å². The first-order valence-electron chi connectivity index (χ1n) is 5.36. The third-order valence-corrected chi connectivity index (χ3v) is 2.09. The van der Waals surface area contributed by atoms with E-state index in [-0.39, 0.29) is 5.71 Å². The zero-order chi connectivity index (χ0) is 13.1. The minimum atomic E-state index is -0.630. The van der Waals surface area contributed by atoms with Gasteiger partial charge < -0.3 is 10.3 Å². The van der Waals surface area contributed by atoms with E-state index in [9.17, 15) is 4.79 Å². The Labute approximate surface area is 101 Å². The molecule has 0 N–H and O–H groups in total. The minimum Gasteiger partial charge on any atom is -0.451 e. The second-order valence-corrected chi connectivity index (χ2v) is 4.77. The van der Waals surface area contributed by atoms with E-state index in [0.29, 0.717) is 5.56 Å². The van der Waals surface area contributed by atoms with Crippen molar-refractivity contribution >= 4 is 11.7 Å². The Morgan fingerprint density at radius 3 is 2.35 bits per heavy atom. The van der Waals surface area contributed by atoms with Crippen LogP contribution in [0.25, 0.3) is 5.53 Å². The van der Waals surface area contributed by atoms with Crippen molar-refractivity contribution in [3.8, 4) is 0 Å². The van der Waals surface area contributed by atoms with Crippen LogP contribution in [-0.4, -0.2) is 22.1 Å². The van der Waals surface area contributed by atoms with Crippen LogP contribution in [0.4, 0.5) is 0 Å². The van der Waals surface area contributed by atoms with E-state index in [2.05, 4.69) is 4.79 Å². The number of ether oxygens (including phenoxy) is 1. The fraction of sp³-hybridized carbons (Fsp3) is 0.385. The van der Waals surface area contributed by atoms with Gasteiger partial charge in [-0.05, 0) is 39.3 Å². The third kappa shape index (κ3) is 3.54. The highest BCUT2D eigenvalue weighted by Crippen LogP contribution is 2.12. The molecule has 90 valence electrons. The van der Waals surface area contributed by atoms with Crippen molar-refractivity contribution in [3.63, 3.8) is 0 Å². The quantitative estimate of drug-likeness (QED) is 0.340. The lowest BCUT2D eigenvalue weighted by Gasteiger charge is -2.17. The van der Waals surface area contributed by atoms with E-state index in [0.717, 1.165) is 5.56 Å². The molecular formula is C13H16N2O2. The summed E-state index contributed by atoms with van der Waals surface area (Å²) in [6.07, 6.45) is 0. The summed E-state index contributed by atoms with van der Waals surface area (Å²) in [5.41, 5.74) is 9.70. The summed E-state index contributed by atoms with van der Waals surface area (Å²) in [5, 5.41) is 0. The summed E-state index contributed by atoms with van der Waals surface area (Å²) < 4.78 is 5.17. The molecule has 1 aromatic carbocycles. The predicted molar refractivity (Wildman–Crippen MR) is 64.8 cm³/mol. The van der Waals surface area contributed by atoms with Gasteiger partial charge in [0.2, 0.25) is 0 Å². The highest BCUT2D eigenvalue weighted by molar-refractivity contribution is 6.41. The van der Waals surface area contributed by atoms with Gasteiger partial charge in [0.1, 0.15) is 5.60 Å². The second kappa shape index (κ2) is 4.93. The van der Waals surface area contributed by atoms with Gasteiger partial charge in [0, 0.05) is 0 Å². The number of nitrogens with zero attached hydrogens (tertiary/aromatic N) is 2. The van der Waals surface area contributed by atoms with Crippen LogP contribution in [0.15, 0.2) is 24.3 Å². The molecule has 0 fully saturated rings. The molecule has 0 radical (unpaired) electrons. The Morgan fingerprint density at radius 2 is 1.88 bits per heavy atom. The molecular weight excluding hydrogens is 216 g/mol. The van der Waals surface area contributed by atoms with E-state index in [1.165, 1.54) is 0 Å². The van der Waals surface area contributed by atoms with Gasteiger partial charge in [-0.25, -0.2) is 4.79 Å². The Hall–Kier alpha value is -1.93. The smallest absolute Gasteiger partial charge is 0.422 e. The van der Waals surface area contributed by atoms with Crippen LogP contribution in [0.1, 0.15) is 31.9 Å². The molecule has 0 amide bonds. The standard InChI is InChI=1S/C13H16N2O2/c1-9-7-5-6-8-10(9)11(15-14)12(16)17-13(2,3)4/h5-8H,1-4H3. The largest absolute Gasteiger partial charge is 0.451 e. The van der Waals surface area contributed by atoms with Crippen LogP contribution in [0.2, 0.25) is 0 Å². The number of esters is 1. The Bertz CT molecular complexity index is 480. The van der Waals surface area contributed by atoms with Gasteiger partial charge in [0.15, 0.2) is 0 Å². The SMILES string of the molecule is Cc1ccccc1C(=[N+]=[N-])C(=O)OC(C)(C)C. The number of hydrogen-bond donors (Lipinski definition) is 0. The third-order valence-electron chi connectivity index (χ3n) is 2.09. The van der Waals surface area contributed by atoms with Gasteiger partial charge in [0.05, 0.1) is 5.56 Å². The Morgan fingerprint density at radius 1 is 1.29 bits per heavy atom. The Balaban J connectivity index is 3.07. The molecule has 0 spiro atoms. The molecule has 0 unspecified atom stereocenters. The fourth-order valence-corrected chi connectivity index (χ4v) is 1.37. The number of hydrogen-bond acceptors (Lipinski definition) is 2. The van der Waals surface area contributed by atoms with Crippen molar-refractivity contribution in [2.75, 3.05) is 0 Å².